The second-order valence-electron chi connectivity index (χ2n) is 3.79. The Bertz CT molecular complexity index is 592. The highest BCUT2D eigenvalue weighted by atomic mass is 32.2. The van der Waals surface area contributed by atoms with Gasteiger partial charge in [-0.3, -0.25) is 4.98 Å². The van der Waals surface area contributed by atoms with Crippen LogP contribution < -0.4 is 0 Å². The second-order valence-corrected chi connectivity index (χ2v) is 5.72. The molecule has 0 aliphatic carbocycles. The van der Waals surface area contributed by atoms with Gasteiger partial charge in [0.1, 0.15) is 0 Å². The van der Waals surface area contributed by atoms with Gasteiger partial charge >= 0.3 is 0 Å². The van der Waals surface area contributed by atoms with Gasteiger partial charge in [-0.25, -0.2) is 13.4 Å². The summed E-state index contributed by atoms with van der Waals surface area (Å²) in [6.07, 6.45) is 4.09. The molecule has 0 aliphatic rings. The summed E-state index contributed by atoms with van der Waals surface area (Å²) in [5.41, 5.74) is 1.85. The molecule has 4 nitrogen and oxygen atoms in total. The molecule has 0 bridgehead atoms. The lowest BCUT2D eigenvalue weighted by Crippen LogP contribution is -2.07. The fourth-order valence-corrected chi connectivity index (χ4v) is 2.65. The minimum Gasteiger partial charge on any atom is -0.260 e. The summed E-state index contributed by atoms with van der Waals surface area (Å²) >= 11 is 0. The molecular weight excluding hydrogens is 236 g/mol. The number of rotatable bonds is 3. The van der Waals surface area contributed by atoms with Crippen LogP contribution in [0.5, 0.6) is 0 Å². The average molecular weight is 248 g/mol. The van der Waals surface area contributed by atoms with Crippen LogP contribution in [0.4, 0.5) is 0 Å². The maximum atomic E-state index is 12.0. The van der Waals surface area contributed by atoms with E-state index in [0.717, 1.165) is 11.1 Å². The molecule has 0 unspecified atom stereocenters. The van der Waals surface area contributed by atoms with E-state index in [-0.39, 0.29) is 10.8 Å². The molecule has 0 saturated heterocycles. The van der Waals surface area contributed by atoms with Crippen molar-refractivity contribution < 1.29 is 8.42 Å². The van der Waals surface area contributed by atoms with Crippen molar-refractivity contribution in [2.45, 2.75) is 17.7 Å². The Morgan fingerprint density at radius 3 is 2.41 bits per heavy atom. The normalized spacial score (nSPS) is 11.4. The summed E-state index contributed by atoms with van der Waals surface area (Å²) in [5, 5.41) is 0.0144. The minimum absolute atomic E-state index is 0.0144. The van der Waals surface area contributed by atoms with E-state index in [1.165, 1.54) is 18.6 Å². The third-order valence-electron chi connectivity index (χ3n) is 2.34. The Kier molecular flexibility index (Phi) is 3.19. The van der Waals surface area contributed by atoms with Gasteiger partial charge in [-0.2, -0.15) is 0 Å². The first-order chi connectivity index (χ1) is 8.08. The van der Waals surface area contributed by atoms with E-state index in [0.29, 0.717) is 0 Å². The van der Waals surface area contributed by atoms with Crippen LogP contribution in [-0.2, 0) is 15.6 Å². The van der Waals surface area contributed by atoms with Crippen LogP contribution in [-0.4, -0.2) is 18.4 Å². The first kappa shape index (κ1) is 11.7. The molecule has 5 heteroatoms. The van der Waals surface area contributed by atoms with Crippen LogP contribution >= 0.6 is 0 Å². The van der Waals surface area contributed by atoms with Gasteiger partial charge in [0.2, 0.25) is 9.84 Å². The van der Waals surface area contributed by atoms with Crippen molar-refractivity contribution in [1.82, 2.24) is 9.97 Å². The molecule has 0 saturated carbocycles. The molecule has 2 rings (SSSR count). The molecule has 17 heavy (non-hydrogen) atoms. The maximum absolute atomic E-state index is 12.0. The zero-order valence-electron chi connectivity index (χ0n) is 9.37. The van der Waals surface area contributed by atoms with Crippen molar-refractivity contribution in [3.8, 4) is 0 Å². The fourth-order valence-electron chi connectivity index (χ4n) is 1.42. The predicted octanol–water partition coefficient (Wildman–Crippen LogP) is 1.76. The number of sulfone groups is 1. The minimum atomic E-state index is -3.40. The largest absolute Gasteiger partial charge is 0.260 e. The SMILES string of the molecule is Cc1ccc(CS(=O)(=O)c2cnccn2)cc1. The van der Waals surface area contributed by atoms with Gasteiger partial charge in [0.25, 0.3) is 0 Å². The van der Waals surface area contributed by atoms with Crippen molar-refractivity contribution in [3.63, 3.8) is 0 Å². The predicted molar refractivity (Wildman–Crippen MR) is 64.1 cm³/mol. The van der Waals surface area contributed by atoms with Crippen LogP contribution in [0.25, 0.3) is 0 Å². The second kappa shape index (κ2) is 4.63. The third kappa shape index (κ3) is 2.88. The van der Waals surface area contributed by atoms with E-state index < -0.39 is 9.84 Å². The fraction of sp³-hybridized carbons (Fsp3) is 0.167. The lowest BCUT2D eigenvalue weighted by atomic mass is 10.2. The summed E-state index contributed by atoms with van der Waals surface area (Å²) in [4.78, 5) is 7.58. The Labute approximate surface area is 100 Å². The zero-order chi connectivity index (χ0) is 12.3. The zero-order valence-corrected chi connectivity index (χ0v) is 10.2. The summed E-state index contributed by atoms with van der Waals surface area (Å²) in [6, 6.07) is 7.40. The molecule has 0 aliphatic heterocycles. The Morgan fingerprint density at radius 1 is 1.12 bits per heavy atom. The molecule has 88 valence electrons. The first-order valence-corrected chi connectivity index (χ1v) is 6.77. The molecular formula is C12H12N2O2S. The topological polar surface area (TPSA) is 59.9 Å². The highest BCUT2D eigenvalue weighted by molar-refractivity contribution is 7.90. The highest BCUT2D eigenvalue weighted by Gasteiger charge is 2.16. The van der Waals surface area contributed by atoms with Crippen molar-refractivity contribution in [1.29, 1.82) is 0 Å². The van der Waals surface area contributed by atoms with Crippen molar-refractivity contribution in [3.05, 3.63) is 54.0 Å². The molecule has 0 fully saturated rings. The lowest BCUT2D eigenvalue weighted by Gasteiger charge is -2.03. The Morgan fingerprint density at radius 2 is 1.82 bits per heavy atom. The maximum Gasteiger partial charge on any atom is 0.201 e. The van der Waals surface area contributed by atoms with E-state index in [2.05, 4.69) is 9.97 Å². The molecule has 1 aromatic heterocycles. The summed E-state index contributed by atoms with van der Waals surface area (Å²) in [5.74, 6) is -0.0496. The summed E-state index contributed by atoms with van der Waals surface area (Å²) < 4.78 is 24.0. The van der Waals surface area contributed by atoms with Crippen LogP contribution in [0.1, 0.15) is 11.1 Å². The highest BCUT2D eigenvalue weighted by Crippen LogP contribution is 2.13. The van der Waals surface area contributed by atoms with E-state index in [4.69, 9.17) is 0 Å². The van der Waals surface area contributed by atoms with E-state index in [1.54, 1.807) is 0 Å². The molecule has 0 N–H and O–H groups in total. The molecule has 2 aromatic rings. The number of aromatic nitrogens is 2. The smallest absolute Gasteiger partial charge is 0.201 e. The summed E-state index contributed by atoms with van der Waals surface area (Å²) in [6.45, 7) is 1.96. The van der Waals surface area contributed by atoms with Gasteiger partial charge in [0, 0.05) is 12.4 Å². The van der Waals surface area contributed by atoms with Gasteiger partial charge in [-0.15, -0.1) is 0 Å². The van der Waals surface area contributed by atoms with Gasteiger partial charge < -0.3 is 0 Å². The lowest BCUT2D eigenvalue weighted by molar-refractivity contribution is 0.591. The number of hydrogen-bond acceptors (Lipinski definition) is 4. The standard InChI is InChI=1S/C12H12N2O2S/c1-10-2-4-11(5-3-10)9-17(15,16)12-8-13-6-7-14-12/h2-8H,9H2,1H3. The molecule has 1 aromatic carbocycles. The summed E-state index contributed by atoms with van der Waals surface area (Å²) in [7, 11) is -3.40. The number of aryl methyl sites for hydroxylation is 1. The van der Waals surface area contributed by atoms with Crippen LogP contribution in [0.2, 0.25) is 0 Å². The molecule has 1 heterocycles. The van der Waals surface area contributed by atoms with Gasteiger partial charge in [0.05, 0.1) is 11.9 Å². The van der Waals surface area contributed by atoms with Crippen LogP contribution in [0.3, 0.4) is 0 Å². The van der Waals surface area contributed by atoms with Gasteiger partial charge in [0.15, 0.2) is 5.03 Å². The van der Waals surface area contributed by atoms with Gasteiger partial charge in [-0.05, 0) is 12.5 Å². The quantitative estimate of drug-likeness (QED) is 0.830. The Balaban J connectivity index is 2.27. The van der Waals surface area contributed by atoms with Gasteiger partial charge in [-0.1, -0.05) is 29.8 Å². The number of hydrogen-bond donors (Lipinski definition) is 0. The molecule has 0 amide bonds. The number of nitrogens with zero attached hydrogens (tertiary/aromatic N) is 2. The molecule has 0 spiro atoms. The number of benzene rings is 1. The van der Waals surface area contributed by atoms with E-state index >= 15 is 0 Å². The molecule has 0 radical (unpaired) electrons. The Hall–Kier alpha value is -1.75. The average Bonchev–Trinajstić information content (AvgIpc) is 2.33. The van der Waals surface area contributed by atoms with E-state index in [1.807, 2.05) is 31.2 Å². The van der Waals surface area contributed by atoms with Crippen molar-refractivity contribution in [2.75, 3.05) is 0 Å². The van der Waals surface area contributed by atoms with Crippen molar-refractivity contribution >= 4 is 9.84 Å². The van der Waals surface area contributed by atoms with Crippen LogP contribution in [0, 0.1) is 6.92 Å². The first-order valence-electron chi connectivity index (χ1n) is 5.12. The van der Waals surface area contributed by atoms with E-state index in [9.17, 15) is 8.42 Å². The van der Waals surface area contributed by atoms with Crippen molar-refractivity contribution in [2.24, 2.45) is 0 Å². The third-order valence-corrected chi connectivity index (χ3v) is 3.90. The molecule has 0 atom stereocenters. The monoisotopic (exact) mass is 248 g/mol. The van der Waals surface area contributed by atoms with Crippen LogP contribution in [0.15, 0.2) is 47.9 Å².